The van der Waals surface area contributed by atoms with Gasteiger partial charge < -0.3 is 4.74 Å². The van der Waals surface area contributed by atoms with Crippen LogP contribution in [0.4, 0.5) is 0 Å². The lowest BCUT2D eigenvalue weighted by Gasteiger charge is -2.09. The van der Waals surface area contributed by atoms with E-state index < -0.39 is 0 Å². The van der Waals surface area contributed by atoms with Gasteiger partial charge in [0.25, 0.3) is 0 Å². The van der Waals surface area contributed by atoms with Crippen molar-refractivity contribution in [1.29, 1.82) is 0 Å². The average Bonchev–Trinajstić information content (AvgIpc) is 2.67. The largest absolute Gasteiger partial charge is 0.489 e. The third-order valence-corrected chi connectivity index (χ3v) is 3.95. The van der Waals surface area contributed by atoms with Crippen molar-refractivity contribution in [2.45, 2.75) is 4.90 Å². The summed E-state index contributed by atoms with van der Waals surface area (Å²) in [6, 6.07) is 18.5. The first-order valence-electron chi connectivity index (χ1n) is 6.03. The SMILES string of the molecule is COC1=CN=C(c2ccccc2)c2ccccc2S1. The Morgan fingerprint density at radius 2 is 1.68 bits per heavy atom. The summed E-state index contributed by atoms with van der Waals surface area (Å²) < 4.78 is 5.33. The minimum Gasteiger partial charge on any atom is -0.489 e. The fourth-order valence-electron chi connectivity index (χ4n) is 1.99. The third-order valence-electron chi connectivity index (χ3n) is 2.90. The molecule has 0 radical (unpaired) electrons. The number of thioether (sulfide) groups is 1. The molecule has 3 rings (SSSR count). The van der Waals surface area contributed by atoms with Crippen molar-refractivity contribution >= 4 is 17.5 Å². The number of nitrogens with zero attached hydrogens (tertiary/aromatic N) is 1. The molecule has 94 valence electrons. The lowest BCUT2D eigenvalue weighted by molar-refractivity contribution is 0.324. The Morgan fingerprint density at radius 1 is 0.947 bits per heavy atom. The molecule has 2 aromatic carbocycles. The number of benzene rings is 2. The summed E-state index contributed by atoms with van der Waals surface area (Å²) in [6.45, 7) is 0. The Balaban J connectivity index is 2.17. The molecule has 0 fully saturated rings. The molecule has 1 heterocycles. The molecule has 3 heteroatoms. The van der Waals surface area contributed by atoms with Crippen LogP contribution in [-0.2, 0) is 4.74 Å². The zero-order chi connectivity index (χ0) is 13.1. The van der Waals surface area contributed by atoms with Gasteiger partial charge in [0, 0.05) is 16.0 Å². The second kappa shape index (κ2) is 5.33. The van der Waals surface area contributed by atoms with Crippen LogP contribution >= 0.6 is 11.8 Å². The molecule has 0 saturated heterocycles. The van der Waals surface area contributed by atoms with Crippen molar-refractivity contribution in [3.63, 3.8) is 0 Å². The predicted molar refractivity (Wildman–Crippen MR) is 79.5 cm³/mol. The topological polar surface area (TPSA) is 21.6 Å². The number of hydrogen-bond donors (Lipinski definition) is 0. The van der Waals surface area contributed by atoms with Crippen LogP contribution < -0.4 is 0 Å². The second-order valence-electron chi connectivity index (χ2n) is 4.09. The van der Waals surface area contributed by atoms with E-state index in [9.17, 15) is 0 Å². The Kier molecular flexibility index (Phi) is 3.38. The van der Waals surface area contributed by atoms with Gasteiger partial charge in [-0.25, -0.2) is 0 Å². The molecule has 0 spiro atoms. The zero-order valence-electron chi connectivity index (χ0n) is 10.5. The zero-order valence-corrected chi connectivity index (χ0v) is 11.4. The van der Waals surface area contributed by atoms with E-state index in [0.29, 0.717) is 0 Å². The smallest absolute Gasteiger partial charge is 0.175 e. The molecule has 0 saturated carbocycles. The molecule has 0 atom stereocenters. The van der Waals surface area contributed by atoms with Gasteiger partial charge in [-0.05, 0) is 6.07 Å². The van der Waals surface area contributed by atoms with E-state index in [-0.39, 0.29) is 0 Å². The fourth-order valence-corrected chi connectivity index (χ4v) is 2.82. The molecular formula is C16H13NOS. The van der Waals surface area contributed by atoms with E-state index in [1.54, 1.807) is 25.1 Å². The quantitative estimate of drug-likeness (QED) is 0.818. The Hall–Kier alpha value is -2.00. The summed E-state index contributed by atoms with van der Waals surface area (Å²) in [5, 5.41) is 0.804. The highest BCUT2D eigenvalue weighted by Gasteiger charge is 2.15. The molecule has 2 aromatic rings. The maximum Gasteiger partial charge on any atom is 0.175 e. The first-order valence-corrected chi connectivity index (χ1v) is 6.85. The minimum atomic E-state index is 0.804. The molecule has 1 aliphatic heterocycles. The van der Waals surface area contributed by atoms with E-state index in [0.717, 1.165) is 26.8 Å². The molecule has 0 aromatic heterocycles. The van der Waals surface area contributed by atoms with Crippen molar-refractivity contribution < 1.29 is 4.74 Å². The minimum absolute atomic E-state index is 0.804. The third kappa shape index (κ3) is 2.42. The summed E-state index contributed by atoms with van der Waals surface area (Å²) >= 11 is 1.60. The lowest BCUT2D eigenvalue weighted by atomic mass is 10.0. The number of aliphatic imine (C=N–C) groups is 1. The van der Waals surface area contributed by atoms with Gasteiger partial charge >= 0.3 is 0 Å². The maximum absolute atomic E-state index is 5.33. The molecule has 0 N–H and O–H groups in total. The lowest BCUT2D eigenvalue weighted by Crippen LogP contribution is -2.03. The van der Waals surface area contributed by atoms with E-state index in [2.05, 4.69) is 29.3 Å². The van der Waals surface area contributed by atoms with Gasteiger partial charge in [-0.3, -0.25) is 4.99 Å². The van der Waals surface area contributed by atoms with Gasteiger partial charge in [-0.1, -0.05) is 60.3 Å². The second-order valence-corrected chi connectivity index (χ2v) is 5.14. The fraction of sp³-hybridized carbons (Fsp3) is 0.0625. The van der Waals surface area contributed by atoms with Crippen LogP contribution in [0.5, 0.6) is 0 Å². The number of hydrogen-bond acceptors (Lipinski definition) is 3. The predicted octanol–water partition coefficient (Wildman–Crippen LogP) is 4.08. The van der Waals surface area contributed by atoms with Crippen LogP contribution in [-0.4, -0.2) is 12.8 Å². The Labute approximate surface area is 116 Å². The maximum atomic E-state index is 5.33. The molecule has 1 aliphatic rings. The van der Waals surface area contributed by atoms with E-state index >= 15 is 0 Å². The van der Waals surface area contributed by atoms with Crippen molar-refractivity contribution in [2.24, 2.45) is 4.99 Å². The van der Waals surface area contributed by atoms with Crippen LogP contribution in [0.3, 0.4) is 0 Å². The van der Waals surface area contributed by atoms with Crippen molar-refractivity contribution in [3.05, 3.63) is 77.0 Å². The summed E-state index contributed by atoms with van der Waals surface area (Å²) in [5.74, 6) is 0. The van der Waals surface area contributed by atoms with Gasteiger partial charge in [0.1, 0.15) is 0 Å². The molecule has 2 nitrogen and oxygen atoms in total. The van der Waals surface area contributed by atoms with Gasteiger partial charge in [0.15, 0.2) is 5.09 Å². The Morgan fingerprint density at radius 3 is 2.47 bits per heavy atom. The summed E-state index contributed by atoms with van der Waals surface area (Å²) in [4.78, 5) is 5.76. The van der Waals surface area contributed by atoms with Crippen molar-refractivity contribution in [1.82, 2.24) is 0 Å². The number of fused-ring (bicyclic) bond motifs is 1. The molecule has 0 amide bonds. The van der Waals surface area contributed by atoms with Crippen LogP contribution in [0.1, 0.15) is 11.1 Å². The van der Waals surface area contributed by atoms with Crippen LogP contribution in [0.25, 0.3) is 0 Å². The number of rotatable bonds is 2. The number of ether oxygens (including phenoxy) is 1. The first kappa shape index (κ1) is 12.1. The summed E-state index contributed by atoms with van der Waals surface area (Å²) in [5.41, 5.74) is 3.24. The standard InChI is InChI=1S/C16H13NOS/c1-18-15-11-17-16(12-7-3-2-4-8-12)13-9-5-6-10-14(13)19-15/h2-11H,1H3. The molecule has 0 bridgehead atoms. The first-order chi connectivity index (χ1) is 9.38. The van der Waals surface area contributed by atoms with Crippen LogP contribution in [0.15, 0.2) is 75.8 Å². The van der Waals surface area contributed by atoms with Crippen LogP contribution in [0, 0.1) is 0 Å². The highest BCUT2D eigenvalue weighted by atomic mass is 32.2. The highest BCUT2D eigenvalue weighted by molar-refractivity contribution is 8.03. The van der Waals surface area contributed by atoms with Gasteiger partial charge in [0.2, 0.25) is 0 Å². The van der Waals surface area contributed by atoms with Gasteiger partial charge in [-0.15, -0.1) is 0 Å². The average molecular weight is 267 g/mol. The van der Waals surface area contributed by atoms with Crippen molar-refractivity contribution in [2.75, 3.05) is 7.11 Å². The van der Waals surface area contributed by atoms with E-state index in [1.807, 2.05) is 30.3 Å². The number of methoxy groups -OCH3 is 1. The monoisotopic (exact) mass is 267 g/mol. The molecular weight excluding hydrogens is 254 g/mol. The highest BCUT2D eigenvalue weighted by Crippen LogP contribution is 2.33. The van der Waals surface area contributed by atoms with E-state index in [1.165, 1.54) is 0 Å². The Bertz CT molecular complexity index is 647. The molecule has 0 unspecified atom stereocenters. The summed E-state index contributed by atoms with van der Waals surface area (Å²) in [6.07, 6.45) is 1.78. The van der Waals surface area contributed by atoms with Gasteiger partial charge in [0.05, 0.1) is 19.0 Å². The van der Waals surface area contributed by atoms with E-state index in [4.69, 9.17) is 4.74 Å². The molecule has 19 heavy (non-hydrogen) atoms. The normalized spacial score (nSPS) is 13.9. The molecule has 0 aliphatic carbocycles. The van der Waals surface area contributed by atoms with Crippen LogP contribution in [0.2, 0.25) is 0 Å². The van der Waals surface area contributed by atoms with Crippen molar-refractivity contribution in [3.8, 4) is 0 Å². The summed E-state index contributed by atoms with van der Waals surface area (Å²) in [7, 11) is 1.67. The van der Waals surface area contributed by atoms with Gasteiger partial charge in [-0.2, -0.15) is 0 Å².